The average molecular weight is 387 g/mol. The normalized spacial score (nSPS) is 13.3. The minimum absolute atomic E-state index is 0.0987. The summed E-state index contributed by atoms with van der Waals surface area (Å²) in [5.41, 5.74) is 2.74. The molecule has 2 aromatic rings. The van der Waals surface area contributed by atoms with Gasteiger partial charge < -0.3 is 15.0 Å². The van der Waals surface area contributed by atoms with Crippen LogP contribution in [0.4, 0.5) is 11.4 Å². The van der Waals surface area contributed by atoms with Crippen molar-refractivity contribution in [3.8, 4) is 5.75 Å². The first-order chi connectivity index (χ1) is 13.1. The molecule has 0 saturated heterocycles. The van der Waals surface area contributed by atoms with Crippen LogP contribution >= 0.6 is 11.6 Å². The summed E-state index contributed by atoms with van der Waals surface area (Å²) in [5, 5.41) is 3.41. The number of hydrogen-bond donors (Lipinski definition) is 1. The standard InChI is InChI=1S/C21H23ClN2O3/c1-2-3-11-24-19-9-8-17(12-15(19)7-10-21(24)26)23-20(25)14-27-18-6-4-5-16(22)13-18/h4-6,8-9,12-13H,2-3,7,10-11,14H2,1H3,(H,23,25). The molecule has 3 rings (SSSR count). The number of nitrogens with zero attached hydrogens (tertiary/aromatic N) is 1. The summed E-state index contributed by atoms with van der Waals surface area (Å²) >= 11 is 5.90. The molecule has 1 N–H and O–H groups in total. The maximum atomic E-state index is 12.2. The average Bonchev–Trinajstić information content (AvgIpc) is 2.66. The fraction of sp³-hybridized carbons (Fsp3) is 0.333. The molecule has 1 aliphatic heterocycles. The van der Waals surface area contributed by atoms with Gasteiger partial charge in [0.15, 0.2) is 6.61 Å². The first-order valence-electron chi connectivity index (χ1n) is 9.18. The largest absolute Gasteiger partial charge is 0.484 e. The molecule has 2 amide bonds. The first kappa shape index (κ1) is 19.2. The predicted molar refractivity (Wildman–Crippen MR) is 108 cm³/mol. The van der Waals surface area contributed by atoms with Crippen LogP contribution in [-0.2, 0) is 16.0 Å². The smallest absolute Gasteiger partial charge is 0.262 e. The van der Waals surface area contributed by atoms with Crippen LogP contribution < -0.4 is 15.0 Å². The third-order valence-electron chi connectivity index (χ3n) is 4.46. The molecule has 0 fully saturated rings. The van der Waals surface area contributed by atoms with E-state index in [0.29, 0.717) is 29.3 Å². The summed E-state index contributed by atoms with van der Waals surface area (Å²) in [6.07, 6.45) is 3.22. The van der Waals surface area contributed by atoms with Gasteiger partial charge >= 0.3 is 0 Å². The molecule has 0 unspecified atom stereocenters. The number of nitrogens with one attached hydrogen (secondary N) is 1. The number of aryl methyl sites for hydroxylation is 1. The number of benzene rings is 2. The van der Waals surface area contributed by atoms with E-state index in [0.717, 1.165) is 30.6 Å². The molecule has 6 heteroatoms. The van der Waals surface area contributed by atoms with Crippen molar-refractivity contribution in [2.75, 3.05) is 23.4 Å². The molecule has 0 saturated carbocycles. The Hall–Kier alpha value is -2.53. The lowest BCUT2D eigenvalue weighted by atomic mass is 10.00. The molecular weight excluding hydrogens is 364 g/mol. The highest BCUT2D eigenvalue weighted by Crippen LogP contribution is 2.30. The van der Waals surface area contributed by atoms with Gasteiger partial charge in [0.1, 0.15) is 5.75 Å². The van der Waals surface area contributed by atoms with Gasteiger partial charge in [0.05, 0.1) is 0 Å². The molecule has 1 aliphatic rings. The lowest BCUT2D eigenvalue weighted by Crippen LogP contribution is -2.35. The van der Waals surface area contributed by atoms with Gasteiger partial charge in [-0.1, -0.05) is 31.0 Å². The Kier molecular flexibility index (Phi) is 6.35. The van der Waals surface area contributed by atoms with Gasteiger partial charge in [0, 0.05) is 29.4 Å². The summed E-state index contributed by atoms with van der Waals surface area (Å²) in [7, 11) is 0. The summed E-state index contributed by atoms with van der Waals surface area (Å²) in [6, 6.07) is 12.6. The van der Waals surface area contributed by atoms with Crippen molar-refractivity contribution in [1.29, 1.82) is 0 Å². The van der Waals surface area contributed by atoms with E-state index >= 15 is 0 Å². The van der Waals surface area contributed by atoms with E-state index in [-0.39, 0.29) is 18.4 Å². The molecule has 0 spiro atoms. The minimum atomic E-state index is -0.246. The molecule has 5 nitrogen and oxygen atoms in total. The number of fused-ring (bicyclic) bond motifs is 1. The van der Waals surface area contributed by atoms with Crippen molar-refractivity contribution in [1.82, 2.24) is 0 Å². The van der Waals surface area contributed by atoms with E-state index in [2.05, 4.69) is 12.2 Å². The first-order valence-corrected chi connectivity index (χ1v) is 9.56. The van der Waals surface area contributed by atoms with Crippen molar-refractivity contribution < 1.29 is 14.3 Å². The van der Waals surface area contributed by atoms with Crippen LogP contribution in [0.1, 0.15) is 31.7 Å². The number of unbranched alkanes of at least 4 members (excludes halogenated alkanes) is 1. The number of anilines is 2. The van der Waals surface area contributed by atoms with E-state index in [1.54, 1.807) is 24.3 Å². The molecule has 27 heavy (non-hydrogen) atoms. The van der Waals surface area contributed by atoms with Gasteiger partial charge in [-0.25, -0.2) is 0 Å². The van der Waals surface area contributed by atoms with Crippen molar-refractivity contribution in [3.05, 3.63) is 53.1 Å². The van der Waals surface area contributed by atoms with Crippen LogP contribution in [0.5, 0.6) is 5.75 Å². The lowest BCUT2D eigenvalue weighted by Gasteiger charge is -2.29. The van der Waals surface area contributed by atoms with Crippen molar-refractivity contribution >= 4 is 34.8 Å². The van der Waals surface area contributed by atoms with Gasteiger partial charge in [-0.05, 0) is 54.8 Å². The Balaban J connectivity index is 1.62. The van der Waals surface area contributed by atoms with E-state index in [1.165, 1.54) is 0 Å². The number of rotatable bonds is 7. The van der Waals surface area contributed by atoms with Crippen LogP contribution in [0, 0.1) is 0 Å². The van der Waals surface area contributed by atoms with Crippen LogP contribution in [-0.4, -0.2) is 25.0 Å². The maximum absolute atomic E-state index is 12.2. The van der Waals surface area contributed by atoms with E-state index in [4.69, 9.17) is 16.3 Å². The summed E-state index contributed by atoms with van der Waals surface area (Å²) in [5.74, 6) is 0.473. The third-order valence-corrected chi connectivity index (χ3v) is 4.70. The van der Waals surface area contributed by atoms with Gasteiger partial charge in [-0.15, -0.1) is 0 Å². The maximum Gasteiger partial charge on any atom is 0.262 e. The van der Waals surface area contributed by atoms with Crippen molar-refractivity contribution in [2.45, 2.75) is 32.6 Å². The Morgan fingerprint density at radius 2 is 2.07 bits per heavy atom. The second-order valence-electron chi connectivity index (χ2n) is 6.54. The zero-order valence-electron chi connectivity index (χ0n) is 15.3. The van der Waals surface area contributed by atoms with Gasteiger partial charge in [0.25, 0.3) is 5.91 Å². The third kappa shape index (κ3) is 5.01. The number of amides is 2. The molecular formula is C21H23ClN2O3. The highest BCUT2D eigenvalue weighted by molar-refractivity contribution is 6.30. The quantitative estimate of drug-likeness (QED) is 0.765. The number of carbonyl (C=O) groups excluding carboxylic acids is 2. The van der Waals surface area contributed by atoms with Crippen LogP contribution in [0.25, 0.3) is 0 Å². The van der Waals surface area contributed by atoms with Gasteiger partial charge in [0.2, 0.25) is 5.91 Å². The van der Waals surface area contributed by atoms with Crippen LogP contribution in [0.2, 0.25) is 5.02 Å². The van der Waals surface area contributed by atoms with Crippen LogP contribution in [0.15, 0.2) is 42.5 Å². The summed E-state index contributed by atoms with van der Waals surface area (Å²) in [4.78, 5) is 26.2. The molecule has 1 heterocycles. The fourth-order valence-electron chi connectivity index (χ4n) is 3.10. The number of hydrogen-bond acceptors (Lipinski definition) is 3. The molecule has 0 bridgehead atoms. The van der Waals surface area contributed by atoms with Gasteiger partial charge in [-0.3, -0.25) is 9.59 Å². The highest BCUT2D eigenvalue weighted by Gasteiger charge is 2.23. The zero-order valence-corrected chi connectivity index (χ0v) is 16.1. The number of ether oxygens (including phenoxy) is 1. The second-order valence-corrected chi connectivity index (χ2v) is 6.97. The SMILES string of the molecule is CCCCN1C(=O)CCc2cc(NC(=O)COc3cccc(Cl)c3)ccc21. The van der Waals surface area contributed by atoms with E-state index < -0.39 is 0 Å². The minimum Gasteiger partial charge on any atom is -0.484 e. The van der Waals surface area contributed by atoms with Crippen molar-refractivity contribution in [2.24, 2.45) is 0 Å². The van der Waals surface area contributed by atoms with Gasteiger partial charge in [-0.2, -0.15) is 0 Å². The second kappa shape index (κ2) is 8.91. The topological polar surface area (TPSA) is 58.6 Å². The number of carbonyl (C=O) groups is 2. The fourth-order valence-corrected chi connectivity index (χ4v) is 3.28. The molecule has 0 aliphatic carbocycles. The summed E-state index contributed by atoms with van der Waals surface area (Å²) < 4.78 is 5.46. The predicted octanol–water partition coefficient (Wildman–Crippen LogP) is 4.44. The molecule has 142 valence electrons. The molecule has 2 aromatic carbocycles. The molecule has 0 radical (unpaired) electrons. The van der Waals surface area contributed by atoms with E-state index in [9.17, 15) is 9.59 Å². The highest BCUT2D eigenvalue weighted by atomic mass is 35.5. The lowest BCUT2D eigenvalue weighted by molar-refractivity contribution is -0.119. The van der Waals surface area contributed by atoms with Crippen LogP contribution in [0.3, 0.4) is 0 Å². The monoisotopic (exact) mass is 386 g/mol. The Morgan fingerprint density at radius 3 is 2.85 bits per heavy atom. The Morgan fingerprint density at radius 1 is 1.22 bits per heavy atom. The summed E-state index contributed by atoms with van der Waals surface area (Å²) in [6.45, 7) is 2.75. The Labute approximate surface area is 164 Å². The van der Waals surface area contributed by atoms with Crippen molar-refractivity contribution in [3.63, 3.8) is 0 Å². The molecule has 0 atom stereocenters. The molecule has 0 aromatic heterocycles. The number of halogens is 1. The van der Waals surface area contributed by atoms with E-state index in [1.807, 2.05) is 23.1 Å². The zero-order chi connectivity index (χ0) is 19.2. The Bertz CT molecular complexity index is 838.